The highest BCUT2D eigenvalue weighted by molar-refractivity contribution is 7.98. The van der Waals surface area contributed by atoms with E-state index >= 15 is 0 Å². The van der Waals surface area contributed by atoms with Crippen LogP contribution < -0.4 is 4.74 Å². The van der Waals surface area contributed by atoms with E-state index in [0.29, 0.717) is 6.61 Å². The Morgan fingerprint density at radius 2 is 1.21 bits per heavy atom. The molecule has 24 heavy (non-hydrogen) atoms. The number of hydrogen-bond donors (Lipinski definition) is 0. The average Bonchev–Trinajstić information content (AvgIpc) is 2.62. The van der Waals surface area contributed by atoms with Gasteiger partial charge in [0.05, 0.1) is 0 Å². The average molecular weight is 334 g/mol. The molecule has 0 spiro atoms. The standard InChI is InChI=1S/C22H22OS/c1-17-3-7-19(8-4-17)15-23-21-11-13-22(14-12-21)24-16-20-9-5-18(2)6-10-20/h3-14H,15-16H2,1-2H3. The van der Waals surface area contributed by atoms with E-state index in [1.807, 2.05) is 23.9 Å². The Kier molecular flexibility index (Phi) is 5.60. The van der Waals surface area contributed by atoms with Crippen LogP contribution >= 0.6 is 11.8 Å². The highest BCUT2D eigenvalue weighted by Crippen LogP contribution is 2.25. The molecule has 0 radical (unpaired) electrons. The van der Waals surface area contributed by atoms with Crippen LogP contribution in [0.25, 0.3) is 0 Å². The Bertz CT molecular complexity index is 690. The summed E-state index contributed by atoms with van der Waals surface area (Å²) in [4.78, 5) is 1.26. The smallest absolute Gasteiger partial charge is 0.119 e. The maximum absolute atomic E-state index is 5.85. The van der Waals surface area contributed by atoms with Crippen molar-refractivity contribution in [3.63, 3.8) is 0 Å². The Labute approximate surface area is 148 Å². The number of ether oxygens (including phenoxy) is 1. The Morgan fingerprint density at radius 3 is 1.79 bits per heavy atom. The molecule has 0 aliphatic rings. The van der Waals surface area contributed by atoms with Crippen LogP contribution in [0.1, 0.15) is 22.3 Å². The van der Waals surface area contributed by atoms with E-state index in [2.05, 4.69) is 74.5 Å². The van der Waals surface area contributed by atoms with Gasteiger partial charge in [0.2, 0.25) is 0 Å². The third kappa shape index (κ3) is 4.90. The zero-order valence-corrected chi connectivity index (χ0v) is 15.0. The third-order valence-corrected chi connectivity index (χ3v) is 4.96. The van der Waals surface area contributed by atoms with Crippen molar-refractivity contribution >= 4 is 11.8 Å². The van der Waals surface area contributed by atoms with E-state index in [4.69, 9.17) is 4.74 Å². The molecule has 0 amide bonds. The molecular formula is C22H22OS. The van der Waals surface area contributed by atoms with Gasteiger partial charge in [0.25, 0.3) is 0 Å². The maximum Gasteiger partial charge on any atom is 0.119 e. The molecule has 3 rings (SSSR count). The van der Waals surface area contributed by atoms with Crippen LogP contribution in [0.3, 0.4) is 0 Å². The Balaban J connectivity index is 1.51. The molecule has 0 saturated carbocycles. The molecule has 0 N–H and O–H groups in total. The van der Waals surface area contributed by atoms with Gasteiger partial charge < -0.3 is 4.74 Å². The number of aryl methyl sites for hydroxylation is 2. The molecule has 0 unspecified atom stereocenters. The van der Waals surface area contributed by atoms with Crippen molar-refractivity contribution in [2.45, 2.75) is 31.1 Å². The van der Waals surface area contributed by atoms with Gasteiger partial charge in [-0.1, -0.05) is 59.7 Å². The number of thioether (sulfide) groups is 1. The summed E-state index contributed by atoms with van der Waals surface area (Å²) < 4.78 is 5.85. The van der Waals surface area contributed by atoms with E-state index in [-0.39, 0.29) is 0 Å². The van der Waals surface area contributed by atoms with E-state index < -0.39 is 0 Å². The lowest BCUT2D eigenvalue weighted by Gasteiger charge is -2.08. The van der Waals surface area contributed by atoms with Crippen molar-refractivity contribution < 1.29 is 4.74 Å². The van der Waals surface area contributed by atoms with Crippen LogP contribution in [0.4, 0.5) is 0 Å². The fourth-order valence-electron chi connectivity index (χ4n) is 2.33. The van der Waals surface area contributed by atoms with Gasteiger partial charge in [0.15, 0.2) is 0 Å². The lowest BCUT2D eigenvalue weighted by Crippen LogP contribution is -1.95. The minimum absolute atomic E-state index is 0.607. The molecular weight excluding hydrogens is 312 g/mol. The summed E-state index contributed by atoms with van der Waals surface area (Å²) in [5.41, 5.74) is 5.12. The van der Waals surface area contributed by atoms with Crippen molar-refractivity contribution in [2.75, 3.05) is 0 Å². The zero-order valence-electron chi connectivity index (χ0n) is 14.2. The fraction of sp³-hybridized carbons (Fsp3) is 0.182. The second-order valence-electron chi connectivity index (χ2n) is 6.02. The molecule has 0 aromatic heterocycles. The topological polar surface area (TPSA) is 9.23 Å². The maximum atomic E-state index is 5.85. The summed E-state index contributed by atoms with van der Waals surface area (Å²) in [6.07, 6.45) is 0. The normalized spacial score (nSPS) is 10.6. The number of rotatable bonds is 6. The second kappa shape index (κ2) is 8.07. The quantitative estimate of drug-likeness (QED) is 0.498. The first-order valence-corrected chi connectivity index (χ1v) is 9.14. The van der Waals surface area contributed by atoms with Gasteiger partial charge in [-0.25, -0.2) is 0 Å². The summed E-state index contributed by atoms with van der Waals surface area (Å²) in [6, 6.07) is 25.5. The number of benzene rings is 3. The first-order chi connectivity index (χ1) is 11.7. The van der Waals surface area contributed by atoms with Gasteiger partial charge in [0.1, 0.15) is 12.4 Å². The van der Waals surface area contributed by atoms with Crippen molar-refractivity contribution in [3.8, 4) is 5.75 Å². The van der Waals surface area contributed by atoms with Gasteiger partial charge in [-0.3, -0.25) is 0 Å². The molecule has 0 aliphatic heterocycles. The van der Waals surface area contributed by atoms with Gasteiger partial charge in [-0.15, -0.1) is 11.8 Å². The molecule has 122 valence electrons. The molecule has 0 heterocycles. The molecule has 0 saturated heterocycles. The van der Waals surface area contributed by atoms with Crippen molar-refractivity contribution in [3.05, 3.63) is 95.1 Å². The van der Waals surface area contributed by atoms with E-state index in [9.17, 15) is 0 Å². The van der Waals surface area contributed by atoms with E-state index in [1.165, 1.54) is 27.1 Å². The van der Waals surface area contributed by atoms with Gasteiger partial charge in [-0.2, -0.15) is 0 Å². The fourth-order valence-corrected chi connectivity index (χ4v) is 3.19. The Morgan fingerprint density at radius 1 is 0.667 bits per heavy atom. The summed E-state index contributed by atoms with van der Waals surface area (Å²) in [7, 11) is 0. The molecule has 0 atom stereocenters. The molecule has 3 aromatic rings. The molecule has 2 heteroatoms. The zero-order chi connectivity index (χ0) is 16.8. The predicted octanol–water partition coefficient (Wildman–Crippen LogP) is 6.17. The molecule has 1 nitrogen and oxygen atoms in total. The lowest BCUT2D eigenvalue weighted by atomic mass is 10.2. The molecule has 0 fully saturated rings. The van der Waals surface area contributed by atoms with Gasteiger partial charge >= 0.3 is 0 Å². The summed E-state index contributed by atoms with van der Waals surface area (Å²) in [5.74, 6) is 1.90. The molecule has 0 bridgehead atoms. The number of hydrogen-bond acceptors (Lipinski definition) is 2. The van der Waals surface area contributed by atoms with Crippen LogP contribution in [0, 0.1) is 13.8 Å². The largest absolute Gasteiger partial charge is 0.489 e. The van der Waals surface area contributed by atoms with Crippen LogP contribution in [-0.2, 0) is 12.4 Å². The van der Waals surface area contributed by atoms with E-state index in [0.717, 1.165) is 11.5 Å². The van der Waals surface area contributed by atoms with Crippen molar-refractivity contribution in [2.24, 2.45) is 0 Å². The minimum Gasteiger partial charge on any atom is -0.489 e. The van der Waals surface area contributed by atoms with Crippen LogP contribution in [-0.4, -0.2) is 0 Å². The molecule has 3 aromatic carbocycles. The first-order valence-electron chi connectivity index (χ1n) is 8.16. The Hall–Kier alpha value is -2.19. The molecule has 0 aliphatic carbocycles. The minimum atomic E-state index is 0.607. The second-order valence-corrected chi connectivity index (χ2v) is 7.07. The third-order valence-electron chi connectivity index (χ3n) is 3.88. The highest BCUT2D eigenvalue weighted by Gasteiger charge is 1.99. The summed E-state index contributed by atoms with van der Waals surface area (Å²) >= 11 is 1.85. The highest BCUT2D eigenvalue weighted by atomic mass is 32.2. The lowest BCUT2D eigenvalue weighted by molar-refractivity contribution is 0.306. The summed E-state index contributed by atoms with van der Waals surface area (Å²) in [5, 5.41) is 0. The monoisotopic (exact) mass is 334 g/mol. The van der Waals surface area contributed by atoms with Crippen LogP contribution in [0.2, 0.25) is 0 Å². The van der Waals surface area contributed by atoms with Crippen LogP contribution in [0.5, 0.6) is 5.75 Å². The summed E-state index contributed by atoms with van der Waals surface area (Å²) in [6.45, 7) is 4.82. The van der Waals surface area contributed by atoms with Crippen LogP contribution in [0.15, 0.2) is 77.7 Å². The van der Waals surface area contributed by atoms with Gasteiger partial charge in [0, 0.05) is 10.6 Å². The van der Waals surface area contributed by atoms with Crippen molar-refractivity contribution in [1.29, 1.82) is 0 Å². The van der Waals surface area contributed by atoms with Gasteiger partial charge in [-0.05, 0) is 49.2 Å². The SMILES string of the molecule is Cc1ccc(COc2ccc(SCc3ccc(C)cc3)cc2)cc1. The first kappa shape index (κ1) is 16.7. The predicted molar refractivity (Wildman–Crippen MR) is 103 cm³/mol. The van der Waals surface area contributed by atoms with E-state index in [1.54, 1.807) is 0 Å². The van der Waals surface area contributed by atoms with Crippen molar-refractivity contribution in [1.82, 2.24) is 0 Å².